The molecule has 2 aromatic heterocycles. The number of pyridine rings is 1. The van der Waals surface area contributed by atoms with Gasteiger partial charge in [-0.1, -0.05) is 6.07 Å². The van der Waals surface area contributed by atoms with Gasteiger partial charge in [-0.2, -0.15) is 5.10 Å². The van der Waals surface area contributed by atoms with Crippen molar-refractivity contribution in [1.82, 2.24) is 19.7 Å². The molecule has 1 aromatic carbocycles. The van der Waals surface area contributed by atoms with Gasteiger partial charge in [-0.3, -0.25) is 19.4 Å². The zero-order valence-corrected chi connectivity index (χ0v) is 18.7. The second kappa shape index (κ2) is 8.72. The number of morpholine rings is 1. The van der Waals surface area contributed by atoms with Gasteiger partial charge >= 0.3 is 0 Å². The Balaban J connectivity index is 1.38. The Morgan fingerprint density at radius 3 is 2.67 bits per heavy atom. The predicted molar refractivity (Wildman–Crippen MR) is 127 cm³/mol. The van der Waals surface area contributed by atoms with Gasteiger partial charge in [-0.05, 0) is 55.0 Å². The Labute approximate surface area is 193 Å². The number of hydrogen-bond acceptors (Lipinski definition) is 5. The van der Waals surface area contributed by atoms with Crippen LogP contribution in [0.25, 0.3) is 22.3 Å². The molecule has 7 heteroatoms. The fraction of sp³-hybridized carbons (Fsp3) is 0.423. The molecule has 170 valence electrons. The maximum absolute atomic E-state index is 12.6. The van der Waals surface area contributed by atoms with Crippen LogP contribution in [0.4, 0.5) is 5.69 Å². The van der Waals surface area contributed by atoms with E-state index in [1.807, 2.05) is 24.7 Å². The van der Waals surface area contributed by atoms with Crippen molar-refractivity contribution < 1.29 is 9.53 Å². The Kier molecular flexibility index (Phi) is 5.44. The van der Waals surface area contributed by atoms with Crippen LogP contribution < -0.4 is 5.32 Å². The number of aromatic nitrogens is 3. The van der Waals surface area contributed by atoms with Crippen LogP contribution in [0.2, 0.25) is 0 Å². The second-order valence-electron chi connectivity index (χ2n) is 9.39. The van der Waals surface area contributed by atoms with Crippen LogP contribution in [0.5, 0.6) is 0 Å². The standard InChI is InChI=1S/C26H29N5O2/c32-26(19-2-3-19)29-25-6-1-18(16-30-9-11-33-12-10-30)13-23(25)24-15-27-8-7-22(24)20-14-28-31(17-20)21-4-5-21/h1,6-8,13-15,17,19,21H,2-5,9-12,16H2,(H,29,32). The second-order valence-corrected chi connectivity index (χ2v) is 9.39. The third-order valence-corrected chi connectivity index (χ3v) is 6.74. The first-order chi connectivity index (χ1) is 16.2. The fourth-order valence-corrected chi connectivity index (χ4v) is 4.50. The van der Waals surface area contributed by atoms with Crippen molar-refractivity contribution in [2.24, 2.45) is 5.92 Å². The highest BCUT2D eigenvalue weighted by Gasteiger charge is 2.30. The highest BCUT2D eigenvalue weighted by molar-refractivity contribution is 5.99. The first kappa shape index (κ1) is 20.6. The van der Waals surface area contributed by atoms with E-state index in [1.54, 1.807) is 0 Å². The highest BCUT2D eigenvalue weighted by Crippen LogP contribution is 2.40. The number of benzene rings is 1. The monoisotopic (exact) mass is 443 g/mol. The molecule has 0 spiro atoms. The minimum absolute atomic E-state index is 0.115. The number of amides is 1. The molecule has 1 amide bonds. The minimum Gasteiger partial charge on any atom is -0.379 e. The van der Waals surface area contributed by atoms with E-state index >= 15 is 0 Å². The third kappa shape index (κ3) is 4.56. The number of nitrogens with one attached hydrogen (secondary N) is 1. The average Bonchev–Trinajstić information content (AvgIpc) is 3.79. The molecule has 1 N–H and O–H groups in total. The SMILES string of the molecule is O=C(Nc1ccc(CN2CCOCC2)cc1-c1cnccc1-c1cnn(C2CC2)c1)C1CC1. The lowest BCUT2D eigenvalue weighted by molar-refractivity contribution is -0.117. The molecule has 33 heavy (non-hydrogen) atoms. The van der Waals surface area contributed by atoms with Crippen molar-refractivity contribution in [2.75, 3.05) is 31.6 Å². The lowest BCUT2D eigenvalue weighted by Gasteiger charge is -2.27. The smallest absolute Gasteiger partial charge is 0.227 e. The summed E-state index contributed by atoms with van der Waals surface area (Å²) in [6.07, 6.45) is 12.2. The van der Waals surface area contributed by atoms with Gasteiger partial charge < -0.3 is 10.1 Å². The maximum Gasteiger partial charge on any atom is 0.227 e. The molecule has 3 aliphatic rings. The van der Waals surface area contributed by atoms with Crippen molar-refractivity contribution in [3.05, 3.63) is 54.6 Å². The Bertz CT molecular complexity index is 1160. The van der Waals surface area contributed by atoms with Crippen molar-refractivity contribution in [2.45, 2.75) is 38.3 Å². The first-order valence-electron chi connectivity index (χ1n) is 12.0. The minimum atomic E-state index is 0.115. The lowest BCUT2D eigenvalue weighted by atomic mass is 9.95. The quantitative estimate of drug-likeness (QED) is 0.595. The summed E-state index contributed by atoms with van der Waals surface area (Å²) in [4.78, 5) is 19.5. The normalized spacial score (nSPS) is 18.9. The van der Waals surface area contributed by atoms with Crippen LogP contribution in [0.15, 0.2) is 49.1 Å². The molecule has 2 saturated carbocycles. The van der Waals surface area contributed by atoms with E-state index in [9.17, 15) is 4.79 Å². The van der Waals surface area contributed by atoms with E-state index in [4.69, 9.17) is 4.74 Å². The van der Waals surface area contributed by atoms with Gasteiger partial charge in [0.25, 0.3) is 0 Å². The summed E-state index contributed by atoms with van der Waals surface area (Å²) in [5, 5.41) is 7.79. The summed E-state index contributed by atoms with van der Waals surface area (Å²) in [5.41, 5.74) is 6.26. The number of carbonyl (C=O) groups is 1. The average molecular weight is 444 g/mol. The molecular weight excluding hydrogens is 414 g/mol. The summed E-state index contributed by atoms with van der Waals surface area (Å²) >= 11 is 0. The van der Waals surface area contributed by atoms with Crippen LogP contribution >= 0.6 is 0 Å². The Hall–Kier alpha value is -3.03. The molecule has 1 saturated heterocycles. The molecule has 7 nitrogen and oxygen atoms in total. The first-order valence-corrected chi connectivity index (χ1v) is 12.0. The summed E-state index contributed by atoms with van der Waals surface area (Å²) in [6.45, 7) is 4.30. The van der Waals surface area contributed by atoms with Crippen molar-refractivity contribution in [3.63, 3.8) is 0 Å². The molecule has 3 aromatic rings. The molecule has 0 bridgehead atoms. The van der Waals surface area contributed by atoms with E-state index in [0.717, 1.165) is 73.6 Å². The van der Waals surface area contributed by atoms with E-state index in [2.05, 4.69) is 49.4 Å². The van der Waals surface area contributed by atoms with E-state index < -0.39 is 0 Å². The van der Waals surface area contributed by atoms with Gasteiger partial charge in [0, 0.05) is 66.5 Å². The summed E-state index contributed by atoms with van der Waals surface area (Å²) in [6, 6.07) is 8.97. The fourth-order valence-electron chi connectivity index (χ4n) is 4.50. The van der Waals surface area contributed by atoms with Crippen LogP contribution in [0.3, 0.4) is 0 Å². The summed E-state index contributed by atoms with van der Waals surface area (Å²) < 4.78 is 7.58. The molecule has 0 unspecified atom stereocenters. The van der Waals surface area contributed by atoms with Gasteiger partial charge in [0.05, 0.1) is 25.5 Å². The van der Waals surface area contributed by atoms with Crippen LogP contribution in [0, 0.1) is 5.92 Å². The molecule has 3 heterocycles. The number of ether oxygens (including phenoxy) is 1. The van der Waals surface area contributed by atoms with Gasteiger partial charge in [-0.25, -0.2) is 0 Å². The zero-order valence-electron chi connectivity index (χ0n) is 18.7. The largest absolute Gasteiger partial charge is 0.379 e. The highest BCUT2D eigenvalue weighted by atomic mass is 16.5. The van der Waals surface area contributed by atoms with E-state index in [-0.39, 0.29) is 11.8 Å². The van der Waals surface area contributed by atoms with Crippen LogP contribution in [-0.2, 0) is 16.1 Å². The molecule has 0 radical (unpaired) electrons. The van der Waals surface area contributed by atoms with Gasteiger partial charge in [-0.15, -0.1) is 0 Å². The summed E-state index contributed by atoms with van der Waals surface area (Å²) in [7, 11) is 0. The number of hydrogen-bond donors (Lipinski definition) is 1. The number of carbonyl (C=O) groups excluding carboxylic acids is 1. The lowest BCUT2D eigenvalue weighted by Crippen LogP contribution is -2.35. The predicted octanol–water partition coefficient (Wildman–Crippen LogP) is 4.13. The number of nitrogens with zero attached hydrogens (tertiary/aromatic N) is 4. The van der Waals surface area contributed by atoms with Crippen molar-refractivity contribution in [3.8, 4) is 22.3 Å². The van der Waals surface area contributed by atoms with E-state index in [0.29, 0.717) is 6.04 Å². The topological polar surface area (TPSA) is 72.3 Å². The van der Waals surface area contributed by atoms with Crippen molar-refractivity contribution >= 4 is 11.6 Å². The number of anilines is 1. The Morgan fingerprint density at radius 1 is 1.03 bits per heavy atom. The maximum atomic E-state index is 12.6. The summed E-state index contributed by atoms with van der Waals surface area (Å²) in [5.74, 6) is 0.264. The number of rotatable bonds is 7. The third-order valence-electron chi connectivity index (χ3n) is 6.74. The van der Waals surface area contributed by atoms with Crippen molar-refractivity contribution in [1.29, 1.82) is 0 Å². The van der Waals surface area contributed by atoms with E-state index in [1.165, 1.54) is 18.4 Å². The molecule has 0 atom stereocenters. The zero-order chi connectivity index (χ0) is 22.2. The van der Waals surface area contributed by atoms with Crippen LogP contribution in [0.1, 0.15) is 37.3 Å². The van der Waals surface area contributed by atoms with Gasteiger partial charge in [0.1, 0.15) is 0 Å². The molecular formula is C26H29N5O2. The Morgan fingerprint density at radius 2 is 1.88 bits per heavy atom. The van der Waals surface area contributed by atoms with Gasteiger partial charge in [0.15, 0.2) is 0 Å². The van der Waals surface area contributed by atoms with Crippen LogP contribution in [-0.4, -0.2) is 51.9 Å². The van der Waals surface area contributed by atoms with Gasteiger partial charge in [0.2, 0.25) is 5.91 Å². The molecule has 6 rings (SSSR count). The molecule has 1 aliphatic heterocycles. The molecule has 3 fully saturated rings. The molecule has 2 aliphatic carbocycles.